The molecule has 4 rings (SSSR count). The maximum atomic E-state index is 13.5. The second-order valence-corrected chi connectivity index (χ2v) is 7.87. The predicted molar refractivity (Wildman–Crippen MR) is 126 cm³/mol. The Morgan fingerprint density at radius 2 is 1.56 bits per heavy atom. The zero-order chi connectivity index (χ0) is 22.7. The molecule has 0 aromatic heterocycles. The fourth-order valence-corrected chi connectivity index (χ4v) is 3.83. The van der Waals surface area contributed by atoms with Crippen molar-refractivity contribution in [2.24, 2.45) is 0 Å². The zero-order valence-corrected chi connectivity index (χ0v) is 18.5. The molecule has 5 heteroatoms. The Labute approximate surface area is 188 Å². The molecule has 0 bridgehead atoms. The van der Waals surface area contributed by atoms with Gasteiger partial charge in [-0.3, -0.25) is 14.5 Å². The Morgan fingerprint density at radius 3 is 2.28 bits per heavy atom. The molecule has 3 aromatic rings. The summed E-state index contributed by atoms with van der Waals surface area (Å²) in [5.41, 5.74) is 5.30. The number of anilines is 1. The van der Waals surface area contributed by atoms with E-state index in [1.54, 1.807) is 7.11 Å². The summed E-state index contributed by atoms with van der Waals surface area (Å²) in [5, 5.41) is 3.19. The van der Waals surface area contributed by atoms with Crippen LogP contribution in [0.1, 0.15) is 22.3 Å². The lowest BCUT2D eigenvalue weighted by molar-refractivity contribution is -0.136. The van der Waals surface area contributed by atoms with Crippen LogP contribution in [0.2, 0.25) is 0 Å². The van der Waals surface area contributed by atoms with Crippen molar-refractivity contribution in [3.05, 3.63) is 101 Å². The Hall–Kier alpha value is -3.86. The van der Waals surface area contributed by atoms with Crippen molar-refractivity contribution in [3.63, 3.8) is 0 Å². The van der Waals surface area contributed by atoms with E-state index in [0.717, 1.165) is 22.3 Å². The van der Waals surface area contributed by atoms with Gasteiger partial charge in [0.1, 0.15) is 11.4 Å². The minimum Gasteiger partial charge on any atom is -0.495 e. The van der Waals surface area contributed by atoms with Gasteiger partial charge >= 0.3 is 0 Å². The number of amides is 2. The zero-order valence-electron chi connectivity index (χ0n) is 18.5. The molecule has 3 aromatic carbocycles. The number of nitrogens with zero attached hydrogens (tertiary/aromatic N) is 1. The highest BCUT2D eigenvalue weighted by molar-refractivity contribution is 6.36. The molecule has 5 nitrogen and oxygen atoms in total. The third kappa shape index (κ3) is 4.14. The average Bonchev–Trinajstić information content (AvgIpc) is 3.04. The molecule has 162 valence electrons. The van der Waals surface area contributed by atoms with E-state index in [1.807, 2.05) is 86.6 Å². The second kappa shape index (κ2) is 9.10. The van der Waals surface area contributed by atoms with E-state index in [1.165, 1.54) is 4.90 Å². The fourth-order valence-electron chi connectivity index (χ4n) is 3.83. The monoisotopic (exact) mass is 426 g/mol. The van der Waals surface area contributed by atoms with Crippen LogP contribution < -0.4 is 10.1 Å². The van der Waals surface area contributed by atoms with Crippen molar-refractivity contribution in [3.8, 4) is 5.75 Å². The summed E-state index contributed by atoms with van der Waals surface area (Å²) >= 11 is 0. The van der Waals surface area contributed by atoms with Gasteiger partial charge in [0, 0.05) is 6.54 Å². The van der Waals surface area contributed by atoms with Gasteiger partial charge in [0.05, 0.1) is 18.4 Å². The average molecular weight is 427 g/mol. The molecule has 0 saturated heterocycles. The lowest BCUT2D eigenvalue weighted by Gasteiger charge is -2.16. The third-order valence-corrected chi connectivity index (χ3v) is 5.80. The van der Waals surface area contributed by atoms with Crippen LogP contribution >= 0.6 is 0 Å². The first kappa shape index (κ1) is 21.4. The Morgan fingerprint density at radius 1 is 0.844 bits per heavy atom. The van der Waals surface area contributed by atoms with Gasteiger partial charge in [-0.15, -0.1) is 0 Å². The SMILES string of the molecule is COc1ccccc1NC1=C(c2ccc(C)c(C)c2)C(=O)N(CCc2ccccc2)C1=O. The van der Waals surface area contributed by atoms with E-state index in [4.69, 9.17) is 4.74 Å². The molecule has 32 heavy (non-hydrogen) atoms. The van der Waals surface area contributed by atoms with E-state index in [0.29, 0.717) is 30.0 Å². The van der Waals surface area contributed by atoms with Crippen molar-refractivity contribution >= 4 is 23.1 Å². The summed E-state index contributed by atoms with van der Waals surface area (Å²) in [7, 11) is 1.58. The normalized spacial score (nSPS) is 13.7. The summed E-state index contributed by atoms with van der Waals surface area (Å²) in [6.07, 6.45) is 0.598. The van der Waals surface area contributed by atoms with Crippen molar-refractivity contribution in [2.75, 3.05) is 19.0 Å². The minimum atomic E-state index is -0.329. The van der Waals surface area contributed by atoms with Gasteiger partial charge < -0.3 is 10.1 Å². The molecule has 0 radical (unpaired) electrons. The van der Waals surface area contributed by atoms with Crippen LogP contribution in [0.3, 0.4) is 0 Å². The van der Waals surface area contributed by atoms with Crippen LogP contribution in [0.15, 0.2) is 78.5 Å². The van der Waals surface area contributed by atoms with E-state index in [2.05, 4.69) is 5.32 Å². The molecule has 1 aliphatic rings. The van der Waals surface area contributed by atoms with Crippen LogP contribution in [-0.4, -0.2) is 30.4 Å². The van der Waals surface area contributed by atoms with Crippen molar-refractivity contribution in [1.29, 1.82) is 0 Å². The molecular formula is C27H26N2O3. The van der Waals surface area contributed by atoms with Crippen molar-refractivity contribution in [1.82, 2.24) is 4.90 Å². The molecule has 2 amide bonds. The number of aryl methyl sites for hydroxylation is 2. The molecular weight excluding hydrogens is 400 g/mol. The summed E-state index contributed by atoms with van der Waals surface area (Å²) < 4.78 is 5.43. The number of para-hydroxylation sites is 2. The van der Waals surface area contributed by atoms with Crippen LogP contribution in [0.25, 0.3) is 5.57 Å². The van der Waals surface area contributed by atoms with Crippen LogP contribution in [0.5, 0.6) is 5.75 Å². The number of hydrogen-bond acceptors (Lipinski definition) is 4. The highest BCUT2D eigenvalue weighted by Crippen LogP contribution is 2.34. The first-order valence-electron chi connectivity index (χ1n) is 10.6. The standard InChI is InChI=1S/C27H26N2O3/c1-18-13-14-21(17-19(18)2)24-25(28-22-11-7-8-12-23(22)32-3)27(31)29(26(24)30)16-15-20-9-5-4-6-10-20/h4-14,17,28H,15-16H2,1-3H3. The van der Waals surface area contributed by atoms with Gasteiger partial charge in [0.25, 0.3) is 11.8 Å². The molecule has 0 unspecified atom stereocenters. The summed E-state index contributed by atoms with van der Waals surface area (Å²) in [5.74, 6) is -0.0148. The quantitative estimate of drug-likeness (QED) is 0.554. The number of rotatable bonds is 7. The summed E-state index contributed by atoms with van der Waals surface area (Å²) in [6.45, 7) is 4.34. The number of ether oxygens (including phenoxy) is 1. The molecule has 1 heterocycles. The van der Waals surface area contributed by atoms with Gasteiger partial charge in [-0.05, 0) is 54.7 Å². The third-order valence-electron chi connectivity index (χ3n) is 5.80. The van der Waals surface area contributed by atoms with E-state index < -0.39 is 0 Å². The van der Waals surface area contributed by atoms with Crippen molar-refractivity contribution < 1.29 is 14.3 Å². The number of benzene rings is 3. The molecule has 1 N–H and O–H groups in total. The first-order chi connectivity index (χ1) is 15.5. The molecule has 0 aliphatic carbocycles. The van der Waals surface area contributed by atoms with E-state index in [-0.39, 0.29) is 17.5 Å². The van der Waals surface area contributed by atoms with E-state index in [9.17, 15) is 9.59 Å². The van der Waals surface area contributed by atoms with Gasteiger partial charge in [-0.25, -0.2) is 0 Å². The minimum absolute atomic E-state index is 0.274. The Bertz CT molecular complexity index is 1200. The highest BCUT2D eigenvalue weighted by atomic mass is 16.5. The number of carbonyl (C=O) groups is 2. The van der Waals surface area contributed by atoms with Gasteiger partial charge in [-0.1, -0.05) is 60.7 Å². The Balaban J connectivity index is 1.72. The summed E-state index contributed by atoms with van der Waals surface area (Å²) in [6, 6.07) is 23.0. The number of methoxy groups -OCH3 is 1. The number of nitrogens with one attached hydrogen (secondary N) is 1. The number of carbonyl (C=O) groups excluding carboxylic acids is 2. The van der Waals surface area contributed by atoms with Gasteiger partial charge in [0.2, 0.25) is 0 Å². The topological polar surface area (TPSA) is 58.6 Å². The van der Waals surface area contributed by atoms with Crippen LogP contribution in [-0.2, 0) is 16.0 Å². The fraction of sp³-hybridized carbons (Fsp3) is 0.185. The largest absolute Gasteiger partial charge is 0.495 e. The van der Waals surface area contributed by atoms with Crippen molar-refractivity contribution in [2.45, 2.75) is 20.3 Å². The maximum Gasteiger partial charge on any atom is 0.278 e. The maximum absolute atomic E-state index is 13.5. The van der Waals surface area contributed by atoms with Crippen LogP contribution in [0, 0.1) is 13.8 Å². The second-order valence-electron chi connectivity index (χ2n) is 7.87. The summed E-state index contributed by atoms with van der Waals surface area (Å²) in [4.78, 5) is 28.2. The predicted octanol–water partition coefficient (Wildman–Crippen LogP) is 4.75. The molecule has 0 spiro atoms. The van der Waals surface area contributed by atoms with E-state index >= 15 is 0 Å². The van der Waals surface area contributed by atoms with Gasteiger partial charge in [-0.2, -0.15) is 0 Å². The lowest BCUT2D eigenvalue weighted by atomic mass is 9.99. The molecule has 0 saturated carbocycles. The lowest BCUT2D eigenvalue weighted by Crippen LogP contribution is -2.34. The Kier molecular flexibility index (Phi) is 6.08. The van der Waals surface area contributed by atoms with Gasteiger partial charge in [0.15, 0.2) is 0 Å². The number of imide groups is 1. The molecule has 0 atom stereocenters. The van der Waals surface area contributed by atoms with Crippen LogP contribution in [0.4, 0.5) is 5.69 Å². The molecule has 0 fully saturated rings. The smallest absolute Gasteiger partial charge is 0.278 e. The first-order valence-corrected chi connectivity index (χ1v) is 10.6. The molecule has 1 aliphatic heterocycles. The number of hydrogen-bond donors (Lipinski definition) is 1. The highest BCUT2D eigenvalue weighted by Gasteiger charge is 2.39.